The van der Waals surface area contributed by atoms with E-state index in [1.165, 1.54) is 10.4 Å². The molecule has 36 valence electrons. The zero-order valence-electron chi connectivity index (χ0n) is 3.59. The molecule has 1 N–H and O–H groups in total. The van der Waals surface area contributed by atoms with Crippen molar-refractivity contribution in [3.8, 4) is 0 Å². The van der Waals surface area contributed by atoms with Gasteiger partial charge in [-0.25, -0.2) is 0 Å². The molecule has 0 fully saturated rings. The summed E-state index contributed by atoms with van der Waals surface area (Å²) < 4.78 is 0. The van der Waals surface area contributed by atoms with Gasteiger partial charge >= 0.3 is 0 Å². The van der Waals surface area contributed by atoms with Crippen molar-refractivity contribution in [3.63, 3.8) is 0 Å². The summed E-state index contributed by atoms with van der Waals surface area (Å²) in [5, 5.41) is 8.16. The van der Waals surface area contributed by atoms with Crippen molar-refractivity contribution in [1.82, 2.24) is 4.90 Å². The highest BCUT2D eigenvalue weighted by atomic mass is 32.1. The van der Waals surface area contributed by atoms with Gasteiger partial charge in [-0.2, -0.15) is 0 Å². The van der Waals surface area contributed by atoms with Gasteiger partial charge in [-0.3, -0.25) is 0 Å². The van der Waals surface area contributed by atoms with Gasteiger partial charge in [0.05, 0.1) is 5.49 Å². The first-order chi connectivity index (χ1) is 2.81. The van der Waals surface area contributed by atoms with Crippen LogP contribution in [0.4, 0.5) is 0 Å². The second-order valence-corrected chi connectivity index (χ2v) is 1.21. The number of aliphatic hydroxyl groups is 1. The Morgan fingerprint density at radius 1 is 2.00 bits per heavy atom. The van der Waals surface area contributed by atoms with E-state index in [9.17, 15) is 0 Å². The molecule has 0 amide bonds. The Bertz CT molecular complexity index is 48.1. The molecule has 0 saturated carbocycles. The van der Waals surface area contributed by atoms with E-state index < -0.39 is 0 Å². The molecule has 0 radical (unpaired) electrons. The summed E-state index contributed by atoms with van der Waals surface area (Å²) in [5.74, 6) is 0. The Balaban J connectivity index is 2.96. The van der Waals surface area contributed by atoms with Gasteiger partial charge in [0.2, 0.25) is 0 Å². The van der Waals surface area contributed by atoms with Crippen molar-refractivity contribution in [2.24, 2.45) is 0 Å². The van der Waals surface area contributed by atoms with Crippen LogP contribution in [0.15, 0.2) is 0 Å². The van der Waals surface area contributed by atoms with Gasteiger partial charge in [0.25, 0.3) is 0 Å². The van der Waals surface area contributed by atoms with Gasteiger partial charge in [0.15, 0.2) is 0 Å². The normalized spacial score (nSPS) is 7.67. The molecule has 0 unspecified atom stereocenters. The average Bonchev–Trinajstić information content (AvgIpc) is 1.65. The number of aliphatic hydroxyl groups excluding tert-OH is 1. The maximum atomic E-state index is 8.16. The van der Waals surface area contributed by atoms with Crippen LogP contribution in [-0.2, 0) is 0 Å². The molecule has 0 aromatic carbocycles. The maximum Gasteiger partial charge on any atom is 0.115 e. The van der Waals surface area contributed by atoms with E-state index >= 15 is 0 Å². The third kappa shape index (κ3) is 2.11. The number of nitrogens with zero attached hydrogens (tertiary/aromatic N) is 1. The summed E-state index contributed by atoms with van der Waals surface area (Å²) in [4.78, 5) is 1.50. The standard InChI is InChI=1S/C3H7NOS/c1-4(2-5)3-6/h3,5H,2H2,1H3. The fraction of sp³-hybridized carbons (Fsp3) is 0.667. The molecule has 0 aliphatic rings. The van der Waals surface area contributed by atoms with Crippen LogP contribution in [0.3, 0.4) is 0 Å². The van der Waals surface area contributed by atoms with Crippen LogP contribution in [0.5, 0.6) is 0 Å². The zero-order chi connectivity index (χ0) is 4.99. The van der Waals surface area contributed by atoms with Gasteiger partial charge in [0, 0.05) is 7.05 Å². The minimum absolute atomic E-state index is 0.00347. The fourth-order valence-electron chi connectivity index (χ4n) is 0.0333. The molecule has 0 aliphatic heterocycles. The van der Waals surface area contributed by atoms with Gasteiger partial charge in [-0.1, -0.05) is 12.2 Å². The molecule has 0 atom stereocenters. The Hall–Kier alpha value is -0.150. The summed E-state index contributed by atoms with van der Waals surface area (Å²) in [6, 6.07) is 0. The lowest BCUT2D eigenvalue weighted by Crippen LogP contribution is -2.14. The third-order valence-electron chi connectivity index (χ3n) is 0.403. The fourth-order valence-corrected chi connectivity index (χ4v) is 0.100. The molecular formula is C3H7NOS. The largest absolute Gasteiger partial charge is 0.376 e. The molecule has 0 rings (SSSR count). The summed E-state index contributed by atoms with van der Waals surface area (Å²) in [6.45, 7) is 0.00347. The zero-order valence-corrected chi connectivity index (χ0v) is 4.40. The van der Waals surface area contributed by atoms with Crippen molar-refractivity contribution in [1.29, 1.82) is 0 Å². The van der Waals surface area contributed by atoms with Crippen molar-refractivity contribution in [2.45, 2.75) is 0 Å². The van der Waals surface area contributed by atoms with Crippen LogP contribution >= 0.6 is 12.2 Å². The quantitative estimate of drug-likeness (QED) is 0.389. The Morgan fingerprint density at radius 3 is 2.50 bits per heavy atom. The first-order valence-electron chi connectivity index (χ1n) is 1.57. The van der Waals surface area contributed by atoms with E-state index in [0.717, 1.165) is 0 Å². The van der Waals surface area contributed by atoms with Crippen molar-refractivity contribution in [3.05, 3.63) is 0 Å². The van der Waals surface area contributed by atoms with E-state index in [0.29, 0.717) is 0 Å². The second-order valence-electron chi connectivity index (χ2n) is 1.00. The maximum absolute atomic E-state index is 8.16. The molecule has 2 nitrogen and oxygen atoms in total. The lowest BCUT2D eigenvalue weighted by Gasteiger charge is -2.03. The number of rotatable bonds is 2. The van der Waals surface area contributed by atoms with Gasteiger partial charge in [0.1, 0.15) is 6.73 Å². The number of thiocarbonyl (C=S) groups is 1. The van der Waals surface area contributed by atoms with Gasteiger partial charge in [-0.05, 0) is 0 Å². The molecule has 0 aliphatic carbocycles. The van der Waals surface area contributed by atoms with E-state index in [-0.39, 0.29) is 6.73 Å². The first kappa shape index (κ1) is 5.85. The molecule has 0 spiro atoms. The van der Waals surface area contributed by atoms with Crippen molar-refractivity contribution >= 4 is 17.7 Å². The van der Waals surface area contributed by atoms with Gasteiger partial charge < -0.3 is 10.0 Å². The van der Waals surface area contributed by atoms with Gasteiger partial charge in [-0.15, -0.1) is 0 Å². The van der Waals surface area contributed by atoms with Crippen LogP contribution in [0.25, 0.3) is 0 Å². The van der Waals surface area contributed by atoms with E-state index in [1.807, 2.05) is 0 Å². The third-order valence-corrected chi connectivity index (χ3v) is 0.763. The first-order valence-corrected chi connectivity index (χ1v) is 2.04. The molecule has 0 saturated heterocycles. The van der Waals surface area contributed by atoms with Crippen LogP contribution in [0.2, 0.25) is 0 Å². The Morgan fingerprint density at radius 2 is 2.50 bits per heavy atom. The van der Waals surface area contributed by atoms with Crippen molar-refractivity contribution < 1.29 is 5.11 Å². The summed E-state index contributed by atoms with van der Waals surface area (Å²) in [6.07, 6.45) is 0. The van der Waals surface area contributed by atoms with Crippen LogP contribution < -0.4 is 0 Å². The summed E-state index contributed by atoms with van der Waals surface area (Å²) >= 11 is 4.41. The van der Waals surface area contributed by atoms with Crippen molar-refractivity contribution in [2.75, 3.05) is 13.8 Å². The molecular weight excluding hydrogens is 98.1 g/mol. The molecule has 0 aromatic rings. The summed E-state index contributed by atoms with van der Waals surface area (Å²) in [5.41, 5.74) is 1.39. The van der Waals surface area contributed by atoms with E-state index in [1.54, 1.807) is 7.05 Å². The van der Waals surface area contributed by atoms with E-state index in [4.69, 9.17) is 5.11 Å². The summed E-state index contributed by atoms with van der Waals surface area (Å²) in [7, 11) is 1.70. The lowest BCUT2D eigenvalue weighted by atomic mass is 10.9. The molecule has 6 heavy (non-hydrogen) atoms. The highest BCUT2D eigenvalue weighted by Gasteiger charge is 1.77. The molecule has 3 heteroatoms. The smallest absolute Gasteiger partial charge is 0.115 e. The average molecular weight is 105 g/mol. The minimum atomic E-state index is 0.00347. The molecule has 0 bridgehead atoms. The van der Waals surface area contributed by atoms with Crippen LogP contribution in [0, 0.1) is 0 Å². The van der Waals surface area contributed by atoms with Crippen LogP contribution in [0.1, 0.15) is 0 Å². The highest BCUT2D eigenvalue weighted by Crippen LogP contribution is 1.66. The monoisotopic (exact) mass is 105 g/mol. The van der Waals surface area contributed by atoms with Crippen LogP contribution in [-0.4, -0.2) is 29.3 Å². The van der Waals surface area contributed by atoms with E-state index in [2.05, 4.69) is 12.2 Å². The Kier molecular flexibility index (Phi) is 2.98. The predicted octanol–water partition coefficient (Wildman–Crippen LogP) is -0.175. The lowest BCUT2D eigenvalue weighted by molar-refractivity contribution is 0.197. The molecule has 0 heterocycles. The highest BCUT2D eigenvalue weighted by molar-refractivity contribution is 7.78. The Labute approximate surface area is 42.4 Å². The minimum Gasteiger partial charge on any atom is -0.376 e. The number of hydrogen-bond acceptors (Lipinski definition) is 2. The molecule has 0 aromatic heterocycles. The topological polar surface area (TPSA) is 23.5 Å². The SMILES string of the molecule is CN(C=S)CO. The predicted molar refractivity (Wildman–Crippen MR) is 28.5 cm³/mol. The second kappa shape index (κ2) is 3.06. The number of hydrogen-bond donors (Lipinski definition) is 1.